The predicted molar refractivity (Wildman–Crippen MR) is 86.4 cm³/mol. The van der Waals surface area contributed by atoms with Crippen molar-refractivity contribution in [1.29, 1.82) is 0 Å². The van der Waals surface area contributed by atoms with Crippen LogP contribution in [-0.2, 0) is 4.74 Å². The summed E-state index contributed by atoms with van der Waals surface area (Å²) in [4.78, 5) is 14.1. The first-order valence-electron chi connectivity index (χ1n) is 7.14. The van der Waals surface area contributed by atoms with Crippen molar-refractivity contribution in [1.82, 2.24) is 4.90 Å². The molecular formula is C17H22N2O2. The van der Waals surface area contributed by atoms with Gasteiger partial charge in [0, 0.05) is 19.3 Å². The largest absolute Gasteiger partial charge is 0.398 e. The van der Waals surface area contributed by atoms with Crippen LogP contribution in [0.1, 0.15) is 24.2 Å². The molecule has 21 heavy (non-hydrogen) atoms. The Morgan fingerprint density at radius 3 is 2.48 bits per heavy atom. The van der Waals surface area contributed by atoms with Crippen molar-refractivity contribution in [3.05, 3.63) is 42.0 Å². The fourth-order valence-corrected chi connectivity index (χ4v) is 2.18. The Kier molecular flexibility index (Phi) is 4.81. The number of nitrogen functional groups attached to an aromatic ring is 1. The van der Waals surface area contributed by atoms with Crippen molar-refractivity contribution in [2.24, 2.45) is 0 Å². The Balaban J connectivity index is 2.16. The number of carbonyl (C=O) groups excluding carboxylic acids is 1. The van der Waals surface area contributed by atoms with Gasteiger partial charge < -0.3 is 15.4 Å². The highest BCUT2D eigenvalue weighted by Crippen LogP contribution is 2.22. The van der Waals surface area contributed by atoms with Crippen molar-refractivity contribution < 1.29 is 9.53 Å². The monoisotopic (exact) mass is 286 g/mol. The van der Waals surface area contributed by atoms with E-state index >= 15 is 0 Å². The highest BCUT2D eigenvalue weighted by atomic mass is 16.5. The normalized spacial score (nSPS) is 11.0. The molecule has 0 bridgehead atoms. The van der Waals surface area contributed by atoms with Crippen LogP contribution in [0.3, 0.4) is 0 Å². The lowest BCUT2D eigenvalue weighted by atomic mass is 10.0. The van der Waals surface area contributed by atoms with E-state index in [4.69, 9.17) is 10.5 Å². The van der Waals surface area contributed by atoms with Gasteiger partial charge in [-0.1, -0.05) is 24.3 Å². The second-order valence-corrected chi connectivity index (χ2v) is 5.43. The van der Waals surface area contributed by atoms with E-state index in [9.17, 15) is 4.79 Å². The summed E-state index contributed by atoms with van der Waals surface area (Å²) >= 11 is 0. The molecule has 0 radical (unpaired) electrons. The van der Waals surface area contributed by atoms with Crippen LogP contribution >= 0.6 is 0 Å². The summed E-state index contributed by atoms with van der Waals surface area (Å²) in [7, 11) is 1.76. The van der Waals surface area contributed by atoms with E-state index in [1.54, 1.807) is 11.9 Å². The van der Waals surface area contributed by atoms with E-state index in [1.165, 1.54) is 0 Å². The number of amides is 1. The van der Waals surface area contributed by atoms with E-state index in [-0.39, 0.29) is 12.0 Å². The van der Waals surface area contributed by atoms with E-state index in [0.717, 1.165) is 10.8 Å². The van der Waals surface area contributed by atoms with Gasteiger partial charge in [0.25, 0.3) is 5.91 Å². The van der Waals surface area contributed by atoms with E-state index < -0.39 is 0 Å². The smallest absolute Gasteiger partial charge is 0.255 e. The van der Waals surface area contributed by atoms with Gasteiger partial charge in [-0.15, -0.1) is 0 Å². The molecule has 2 N–H and O–H groups in total. The quantitative estimate of drug-likeness (QED) is 0.860. The van der Waals surface area contributed by atoms with Crippen molar-refractivity contribution in [2.45, 2.75) is 20.0 Å². The first-order chi connectivity index (χ1) is 9.99. The zero-order valence-corrected chi connectivity index (χ0v) is 12.8. The average Bonchev–Trinajstić information content (AvgIpc) is 2.45. The van der Waals surface area contributed by atoms with Gasteiger partial charge in [-0.05, 0) is 36.8 Å². The van der Waals surface area contributed by atoms with Crippen LogP contribution in [0.5, 0.6) is 0 Å². The molecular weight excluding hydrogens is 264 g/mol. The van der Waals surface area contributed by atoms with Crippen LogP contribution in [0.15, 0.2) is 36.4 Å². The molecule has 0 unspecified atom stereocenters. The van der Waals surface area contributed by atoms with Gasteiger partial charge in [0.05, 0.1) is 18.3 Å². The van der Waals surface area contributed by atoms with E-state index in [2.05, 4.69) is 0 Å². The Hall–Kier alpha value is -2.07. The lowest BCUT2D eigenvalue weighted by Gasteiger charge is -2.19. The molecule has 2 aromatic carbocycles. The van der Waals surface area contributed by atoms with Crippen LogP contribution in [-0.4, -0.2) is 37.1 Å². The molecule has 2 rings (SSSR count). The number of anilines is 1. The summed E-state index contributed by atoms with van der Waals surface area (Å²) in [5.41, 5.74) is 7.08. The minimum Gasteiger partial charge on any atom is -0.398 e. The molecule has 0 spiro atoms. The molecule has 4 nitrogen and oxygen atoms in total. The van der Waals surface area contributed by atoms with E-state index in [0.29, 0.717) is 24.4 Å². The molecule has 0 aromatic heterocycles. The third kappa shape index (κ3) is 3.73. The predicted octanol–water partition coefficient (Wildman–Crippen LogP) is 2.92. The van der Waals surface area contributed by atoms with Crippen molar-refractivity contribution in [3.63, 3.8) is 0 Å². The number of carbonyl (C=O) groups is 1. The lowest BCUT2D eigenvalue weighted by Crippen LogP contribution is -2.31. The van der Waals surface area contributed by atoms with Crippen LogP contribution in [0.25, 0.3) is 10.8 Å². The summed E-state index contributed by atoms with van der Waals surface area (Å²) in [6.45, 7) is 5.02. The summed E-state index contributed by atoms with van der Waals surface area (Å²) in [5, 5.41) is 2.05. The van der Waals surface area contributed by atoms with Gasteiger partial charge in [0.1, 0.15) is 0 Å². The number of fused-ring (bicyclic) bond motifs is 1. The van der Waals surface area contributed by atoms with Crippen LogP contribution in [0.4, 0.5) is 5.69 Å². The fourth-order valence-electron chi connectivity index (χ4n) is 2.18. The van der Waals surface area contributed by atoms with Crippen molar-refractivity contribution in [3.8, 4) is 0 Å². The van der Waals surface area contributed by atoms with Gasteiger partial charge >= 0.3 is 0 Å². The number of ether oxygens (including phenoxy) is 1. The minimum absolute atomic E-state index is 0.0781. The highest BCUT2D eigenvalue weighted by Gasteiger charge is 2.15. The Labute approximate surface area is 125 Å². The molecule has 0 fully saturated rings. The molecule has 0 saturated carbocycles. The summed E-state index contributed by atoms with van der Waals surface area (Å²) in [6.07, 6.45) is 0.166. The molecule has 0 aliphatic carbocycles. The van der Waals surface area contributed by atoms with Gasteiger partial charge in [0.2, 0.25) is 0 Å². The molecule has 1 amide bonds. The zero-order chi connectivity index (χ0) is 15.4. The second kappa shape index (κ2) is 6.59. The highest BCUT2D eigenvalue weighted by molar-refractivity contribution is 6.03. The SMILES string of the molecule is CC(C)OCCN(C)C(=O)c1cc2ccccc2cc1N. The lowest BCUT2D eigenvalue weighted by molar-refractivity contribution is 0.0532. The topological polar surface area (TPSA) is 55.6 Å². The molecule has 0 saturated heterocycles. The van der Waals surface area contributed by atoms with Gasteiger partial charge in [-0.3, -0.25) is 4.79 Å². The molecule has 0 aliphatic rings. The van der Waals surface area contributed by atoms with Crippen molar-refractivity contribution in [2.75, 3.05) is 25.9 Å². The van der Waals surface area contributed by atoms with Gasteiger partial charge in [-0.2, -0.15) is 0 Å². The maximum atomic E-state index is 12.5. The number of benzene rings is 2. The van der Waals surface area contributed by atoms with Crippen LogP contribution in [0, 0.1) is 0 Å². The van der Waals surface area contributed by atoms with E-state index in [1.807, 2.05) is 50.2 Å². The maximum Gasteiger partial charge on any atom is 0.255 e. The summed E-state index contributed by atoms with van der Waals surface area (Å²) in [5.74, 6) is -0.0781. The maximum absolute atomic E-state index is 12.5. The molecule has 0 aliphatic heterocycles. The van der Waals surface area contributed by atoms with Crippen molar-refractivity contribution >= 4 is 22.4 Å². The van der Waals surface area contributed by atoms with Gasteiger partial charge in [-0.25, -0.2) is 0 Å². The summed E-state index contributed by atoms with van der Waals surface area (Å²) in [6, 6.07) is 11.6. The molecule has 4 heteroatoms. The molecule has 0 heterocycles. The third-order valence-corrected chi connectivity index (χ3v) is 3.37. The number of hydrogen-bond donors (Lipinski definition) is 1. The Morgan fingerprint density at radius 2 is 1.86 bits per heavy atom. The minimum atomic E-state index is -0.0781. The van der Waals surface area contributed by atoms with Crippen LogP contribution in [0.2, 0.25) is 0 Å². The molecule has 112 valence electrons. The standard InChI is InChI=1S/C17H22N2O2/c1-12(2)21-9-8-19(3)17(20)15-10-13-6-4-5-7-14(13)11-16(15)18/h4-7,10-12H,8-9,18H2,1-3H3. The molecule has 2 aromatic rings. The number of nitrogens with two attached hydrogens (primary N) is 1. The zero-order valence-electron chi connectivity index (χ0n) is 12.8. The Morgan fingerprint density at radius 1 is 1.24 bits per heavy atom. The molecule has 0 atom stereocenters. The number of likely N-dealkylation sites (N-methyl/N-ethyl adjacent to an activating group) is 1. The number of rotatable bonds is 5. The number of hydrogen-bond acceptors (Lipinski definition) is 3. The van der Waals surface area contributed by atoms with Gasteiger partial charge in [0.15, 0.2) is 0 Å². The third-order valence-electron chi connectivity index (χ3n) is 3.37. The second-order valence-electron chi connectivity index (χ2n) is 5.43. The first kappa shape index (κ1) is 15.3. The van der Waals surface area contributed by atoms with Crippen LogP contribution < -0.4 is 5.73 Å². The average molecular weight is 286 g/mol. The number of nitrogens with zero attached hydrogens (tertiary/aromatic N) is 1. The fraction of sp³-hybridized carbons (Fsp3) is 0.353. The first-order valence-corrected chi connectivity index (χ1v) is 7.14. The summed E-state index contributed by atoms with van der Waals surface area (Å²) < 4.78 is 5.47. The Bertz CT molecular complexity index is 638.